The molecule has 20 heavy (non-hydrogen) atoms. The van der Waals surface area contributed by atoms with Crippen LogP contribution in [0, 0.1) is 12.7 Å². The van der Waals surface area contributed by atoms with Gasteiger partial charge in [-0.05, 0) is 36.8 Å². The van der Waals surface area contributed by atoms with Gasteiger partial charge in [0.05, 0.1) is 12.7 Å². The maximum atomic E-state index is 13.8. The van der Waals surface area contributed by atoms with Crippen molar-refractivity contribution in [1.82, 2.24) is 0 Å². The van der Waals surface area contributed by atoms with E-state index < -0.39 is 5.82 Å². The maximum absolute atomic E-state index is 13.8. The predicted octanol–water partition coefficient (Wildman–Crippen LogP) is 3.57. The number of ether oxygens (including phenoxy) is 2. The molecule has 0 aliphatic rings. The van der Waals surface area contributed by atoms with E-state index in [-0.39, 0.29) is 16.3 Å². The number of thiocarbonyl (C=S) groups is 1. The Balaban J connectivity index is 2.45. The average Bonchev–Trinajstić information content (AvgIpc) is 2.40. The van der Waals surface area contributed by atoms with E-state index in [1.807, 2.05) is 19.1 Å². The molecule has 0 saturated carbocycles. The van der Waals surface area contributed by atoms with Gasteiger partial charge in [-0.15, -0.1) is 0 Å². The van der Waals surface area contributed by atoms with E-state index >= 15 is 0 Å². The molecular formula is C15H14FNO2S. The smallest absolute Gasteiger partial charge is 0.169 e. The molecule has 2 N–H and O–H groups in total. The quantitative estimate of drug-likeness (QED) is 0.875. The number of hydrogen-bond acceptors (Lipinski definition) is 3. The van der Waals surface area contributed by atoms with Crippen molar-refractivity contribution in [3.05, 3.63) is 53.3 Å². The third-order valence-electron chi connectivity index (χ3n) is 2.76. The largest absolute Gasteiger partial charge is 0.493 e. The summed E-state index contributed by atoms with van der Waals surface area (Å²) >= 11 is 4.86. The summed E-state index contributed by atoms with van der Waals surface area (Å²) in [5.74, 6) is 0.782. The highest BCUT2D eigenvalue weighted by Gasteiger charge is 2.14. The van der Waals surface area contributed by atoms with Gasteiger partial charge in [-0.2, -0.15) is 0 Å². The standard InChI is InChI=1S/C15H14FNO2S/c1-9-6-7-11(13(8-9)18-2)19-12-5-3-4-10(16)14(12)15(17)20/h3-8H,1-2H3,(H2,17,20). The zero-order valence-electron chi connectivity index (χ0n) is 11.1. The van der Waals surface area contributed by atoms with Crippen LogP contribution < -0.4 is 15.2 Å². The lowest BCUT2D eigenvalue weighted by atomic mass is 10.2. The minimum Gasteiger partial charge on any atom is -0.493 e. The molecule has 104 valence electrons. The van der Waals surface area contributed by atoms with Crippen LogP contribution in [0.3, 0.4) is 0 Å². The van der Waals surface area contributed by atoms with Crippen molar-refractivity contribution < 1.29 is 13.9 Å². The number of hydrogen-bond donors (Lipinski definition) is 1. The number of aryl methyl sites for hydroxylation is 1. The van der Waals surface area contributed by atoms with Gasteiger partial charge in [0.2, 0.25) is 0 Å². The monoisotopic (exact) mass is 291 g/mol. The van der Waals surface area contributed by atoms with Crippen molar-refractivity contribution in [3.8, 4) is 17.2 Å². The highest BCUT2D eigenvalue weighted by molar-refractivity contribution is 7.80. The van der Waals surface area contributed by atoms with Crippen molar-refractivity contribution in [2.75, 3.05) is 7.11 Å². The lowest BCUT2D eigenvalue weighted by Crippen LogP contribution is -2.13. The molecule has 0 aliphatic heterocycles. The fraction of sp³-hybridized carbons (Fsp3) is 0.133. The molecule has 5 heteroatoms. The lowest BCUT2D eigenvalue weighted by molar-refractivity contribution is 0.377. The third-order valence-corrected chi connectivity index (χ3v) is 2.96. The molecule has 0 bridgehead atoms. The summed E-state index contributed by atoms with van der Waals surface area (Å²) in [5, 5.41) is 0. The van der Waals surface area contributed by atoms with Crippen LogP contribution in [0.15, 0.2) is 36.4 Å². The number of nitrogens with two attached hydrogens (primary N) is 1. The summed E-state index contributed by atoms with van der Waals surface area (Å²) in [6, 6.07) is 9.88. The first-order chi connectivity index (χ1) is 9.52. The fourth-order valence-electron chi connectivity index (χ4n) is 1.81. The molecule has 0 aliphatic carbocycles. The zero-order chi connectivity index (χ0) is 14.7. The predicted molar refractivity (Wildman–Crippen MR) is 80.1 cm³/mol. The van der Waals surface area contributed by atoms with Gasteiger partial charge in [0.25, 0.3) is 0 Å². The Bertz CT molecular complexity index is 658. The highest BCUT2D eigenvalue weighted by Crippen LogP contribution is 2.34. The molecule has 0 atom stereocenters. The second-order valence-corrected chi connectivity index (χ2v) is 4.67. The summed E-state index contributed by atoms with van der Waals surface area (Å²) < 4.78 is 24.7. The summed E-state index contributed by atoms with van der Waals surface area (Å²) in [6.07, 6.45) is 0. The van der Waals surface area contributed by atoms with Gasteiger partial charge in [-0.3, -0.25) is 0 Å². The molecule has 0 radical (unpaired) electrons. The molecule has 2 aromatic carbocycles. The minimum absolute atomic E-state index is 0.0517. The molecule has 0 spiro atoms. The van der Waals surface area contributed by atoms with Crippen LogP contribution in [-0.4, -0.2) is 12.1 Å². The van der Waals surface area contributed by atoms with Crippen molar-refractivity contribution in [1.29, 1.82) is 0 Å². The Morgan fingerprint density at radius 3 is 2.55 bits per heavy atom. The molecule has 2 aromatic rings. The van der Waals surface area contributed by atoms with E-state index in [9.17, 15) is 4.39 Å². The SMILES string of the molecule is COc1cc(C)ccc1Oc1cccc(F)c1C(N)=S. The maximum Gasteiger partial charge on any atom is 0.169 e. The normalized spacial score (nSPS) is 10.2. The second-order valence-electron chi connectivity index (χ2n) is 4.23. The Labute approximate surface area is 122 Å². The molecule has 0 saturated heterocycles. The van der Waals surface area contributed by atoms with Crippen LogP contribution in [-0.2, 0) is 0 Å². The van der Waals surface area contributed by atoms with Crippen LogP contribution in [0.5, 0.6) is 17.2 Å². The van der Waals surface area contributed by atoms with Crippen molar-refractivity contribution in [2.45, 2.75) is 6.92 Å². The van der Waals surface area contributed by atoms with Gasteiger partial charge in [0.15, 0.2) is 11.5 Å². The number of methoxy groups -OCH3 is 1. The Morgan fingerprint density at radius 1 is 1.15 bits per heavy atom. The first kappa shape index (κ1) is 14.3. The molecule has 0 unspecified atom stereocenters. The first-order valence-corrected chi connectivity index (χ1v) is 6.34. The van der Waals surface area contributed by atoms with E-state index in [1.165, 1.54) is 12.1 Å². The summed E-state index contributed by atoms with van der Waals surface area (Å²) in [6.45, 7) is 1.94. The van der Waals surface area contributed by atoms with Crippen molar-refractivity contribution >= 4 is 17.2 Å². The van der Waals surface area contributed by atoms with Crippen molar-refractivity contribution in [3.63, 3.8) is 0 Å². The van der Waals surface area contributed by atoms with Crippen LogP contribution in [0.25, 0.3) is 0 Å². The number of halogens is 1. The molecule has 0 aromatic heterocycles. The van der Waals surface area contributed by atoms with Gasteiger partial charge in [0, 0.05) is 0 Å². The Morgan fingerprint density at radius 2 is 1.90 bits per heavy atom. The van der Waals surface area contributed by atoms with Gasteiger partial charge >= 0.3 is 0 Å². The lowest BCUT2D eigenvalue weighted by Gasteiger charge is -2.14. The highest BCUT2D eigenvalue weighted by atomic mass is 32.1. The summed E-state index contributed by atoms with van der Waals surface area (Å²) in [4.78, 5) is -0.0517. The topological polar surface area (TPSA) is 44.5 Å². The summed E-state index contributed by atoms with van der Waals surface area (Å²) in [7, 11) is 1.54. The average molecular weight is 291 g/mol. The van der Waals surface area contributed by atoms with Crippen LogP contribution >= 0.6 is 12.2 Å². The van der Waals surface area contributed by atoms with E-state index in [1.54, 1.807) is 19.2 Å². The molecule has 0 fully saturated rings. The molecular weight excluding hydrogens is 277 g/mol. The third kappa shape index (κ3) is 2.88. The second kappa shape index (κ2) is 5.88. The van der Waals surface area contributed by atoms with Crippen LogP contribution in [0.4, 0.5) is 4.39 Å². The van der Waals surface area contributed by atoms with E-state index in [0.717, 1.165) is 5.56 Å². The molecule has 2 rings (SSSR count). The van der Waals surface area contributed by atoms with E-state index in [2.05, 4.69) is 0 Å². The summed E-state index contributed by atoms with van der Waals surface area (Å²) in [5.41, 5.74) is 6.66. The minimum atomic E-state index is -0.513. The molecule has 0 heterocycles. The van der Waals surface area contributed by atoms with E-state index in [4.69, 9.17) is 27.4 Å². The Hall–Kier alpha value is -2.14. The molecule has 0 amide bonds. The van der Waals surface area contributed by atoms with Crippen LogP contribution in [0.1, 0.15) is 11.1 Å². The number of benzene rings is 2. The first-order valence-electron chi connectivity index (χ1n) is 5.93. The van der Waals surface area contributed by atoms with Crippen LogP contribution in [0.2, 0.25) is 0 Å². The van der Waals surface area contributed by atoms with Gasteiger partial charge < -0.3 is 15.2 Å². The van der Waals surface area contributed by atoms with Crippen molar-refractivity contribution in [2.24, 2.45) is 5.73 Å². The van der Waals surface area contributed by atoms with Gasteiger partial charge in [-0.1, -0.05) is 24.4 Å². The van der Waals surface area contributed by atoms with E-state index in [0.29, 0.717) is 11.5 Å². The Kier molecular flexibility index (Phi) is 4.20. The van der Waals surface area contributed by atoms with Gasteiger partial charge in [-0.25, -0.2) is 4.39 Å². The number of rotatable bonds is 4. The fourth-order valence-corrected chi connectivity index (χ4v) is 2.00. The van der Waals surface area contributed by atoms with Gasteiger partial charge in [0.1, 0.15) is 16.6 Å². The molecule has 3 nitrogen and oxygen atoms in total. The zero-order valence-corrected chi connectivity index (χ0v) is 12.0.